The number of hydrogen-bond donors (Lipinski definition) is 1. The number of benzene rings is 2. The predicted octanol–water partition coefficient (Wildman–Crippen LogP) is 4.29. The molecule has 0 aliphatic carbocycles. The van der Waals surface area contributed by atoms with Crippen molar-refractivity contribution in [2.45, 2.75) is 0 Å². The van der Waals surface area contributed by atoms with Crippen molar-refractivity contribution < 1.29 is 5.11 Å². The van der Waals surface area contributed by atoms with E-state index in [-0.39, 0.29) is 5.88 Å². The first-order valence-electron chi connectivity index (χ1n) is 6.23. The second-order valence-corrected chi connectivity index (χ2v) is 4.93. The third-order valence-corrected chi connectivity index (χ3v) is 3.62. The van der Waals surface area contributed by atoms with E-state index < -0.39 is 0 Å². The third-order valence-electron chi connectivity index (χ3n) is 3.30. The molecule has 0 fully saturated rings. The van der Waals surface area contributed by atoms with Crippen LogP contribution in [0, 0.1) is 0 Å². The molecule has 100 valence electrons. The first kappa shape index (κ1) is 12.8. The summed E-state index contributed by atoms with van der Waals surface area (Å²) in [6, 6.07) is 15.2. The van der Waals surface area contributed by atoms with Gasteiger partial charge in [-0.15, -0.1) is 0 Å². The monoisotopic (exact) mass is 284 g/mol. The predicted molar refractivity (Wildman–Crippen MR) is 83.3 cm³/mol. The summed E-state index contributed by atoms with van der Waals surface area (Å²) in [5.41, 5.74) is 2.34. The van der Waals surface area contributed by atoms with Crippen molar-refractivity contribution in [3.05, 3.63) is 59.1 Å². The second-order valence-electron chi connectivity index (χ2n) is 4.52. The van der Waals surface area contributed by atoms with Crippen molar-refractivity contribution in [2.24, 2.45) is 12.0 Å². The van der Waals surface area contributed by atoms with E-state index in [4.69, 9.17) is 11.6 Å². The highest BCUT2D eigenvalue weighted by Crippen LogP contribution is 2.30. The summed E-state index contributed by atoms with van der Waals surface area (Å²) in [6.07, 6.45) is 1.65. The van der Waals surface area contributed by atoms with Crippen molar-refractivity contribution in [1.29, 1.82) is 0 Å². The van der Waals surface area contributed by atoms with Crippen LogP contribution in [0.1, 0.15) is 5.56 Å². The van der Waals surface area contributed by atoms with Gasteiger partial charge in [0, 0.05) is 18.6 Å². The van der Waals surface area contributed by atoms with Crippen molar-refractivity contribution in [1.82, 2.24) is 4.57 Å². The maximum Gasteiger partial charge on any atom is 0.200 e. The number of fused-ring (bicyclic) bond motifs is 1. The smallest absolute Gasteiger partial charge is 0.200 e. The highest BCUT2D eigenvalue weighted by molar-refractivity contribution is 6.33. The molecule has 4 heteroatoms. The molecule has 0 unspecified atom stereocenters. The van der Waals surface area contributed by atoms with Gasteiger partial charge in [0.1, 0.15) is 0 Å². The van der Waals surface area contributed by atoms with Crippen LogP contribution in [0.15, 0.2) is 53.5 Å². The normalized spacial score (nSPS) is 11.5. The fraction of sp³-hybridized carbons (Fsp3) is 0.0625. The van der Waals surface area contributed by atoms with E-state index in [1.807, 2.05) is 49.5 Å². The molecule has 0 spiro atoms. The zero-order valence-electron chi connectivity index (χ0n) is 10.9. The lowest BCUT2D eigenvalue weighted by Crippen LogP contribution is -1.85. The molecule has 20 heavy (non-hydrogen) atoms. The Morgan fingerprint density at radius 1 is 1.10 bits per heavy atom. The minimum Gasteiger partial charge on any atom is -0.494 e. The van der Waals surface area contributed by atoms with Crippen LogP contribution in [-0.2, 0) is 7.05 Å². The maximum atomic E-state index is 10.2. The molecule has 3 nitrogen and oxygen atoms in total. The van der Waals surface area contributed by atoms with Crippen LogP contribution in [0.4, 0.5) is 5.69 Å². The Morgan fingerprint density at radius 2 is 1.80 bits per heavy atom. The summed E-state index contributed by atoms with van der Waals surface area (Å²) in [4.78, 5) is 4.37. The summed E-state index contributed by atoms with van der Waals surface area (Å²) in [5.74, 6) is 0.196. The zero-order chi connectivity index (χ0) is 14.1. The minimum atomic E-state index is 0.196. The first-order valence-corrected chi connectivity index (χ1v) is 6.61. The molecule has 0 radical (unpaired) electrons. The average Bonchev–Trinajstić information content (AvgIpc) is 2.71. The molecule has 0 saturated carbocycles. The number of rotatable bonds is 2. The van der Waals surface area contributed by atoms with Crippen LogP contribution in [0.2, 0.25) is 5.02 Å². The Kier molecular flexibility index (Phi) is 3.20. The Morgan fingerprint density at radius 3 is 2.60 bits per heavy atom. The zero-order valence-corrected chi connectivity index (χ0v) is 11.7. The number of aliphatic imine (C=N–C) groups is 1. The van der Waals surface area contributed by atoms with Gasteiger partial charge in [-0.05, 0) is 18.2 Å². The average molecular weight is 285 g/mol. The highest BCUT2D eigenvalue weighted by atomic mass is 35.5. The third kappa shape index (κ3) is 2.06. The van der Waals surface area contributed by atoms with Gasteiger partial charge in [-0.25, -0.2) is 0 Å². The van der Waals surface area contributed by atoms with Gasteiger partial charge in [0.15, 0.2) is 0 Å². The first-order chi connectivity index (χ1) is 9.68. The van der Waals surface area contributed by atoms with E-state index in [1.54, 1.807) is 16.8 Å². The molecule has 0 aliphatic heterocycles. The standard InChI is InChI=1S/C16H13ClN2O/c1-19-15-9-5-2-6-11(15)12(16(19)20)10-18-14-8-4-3-7-13(14)17/h2-10,20H,1H3. The Hall–Kier alpha value is -2.26. The molecular formula is C16H13ClN2O. The van der Waals surface area contributed by atoms with E-state index in [0.29, 0.717) is 16.3 Å². The number of aromatic hydroxyl groups is 1. The number of nitrogens with zero attached hydrogens (tertiary/aromatic N) is 2. The van der Waals surface area contributed by atoms with Gasteiger partial charge in [0.2, 0.25) is 5.88 Å². The van der Waals surface area contributed by atoms with Crippen LogP contribution in [-0.4, -0.2) is 15.9 Å². The molecular weight excluding hydrogens is 272 g/mol. The van der Waals surface area contributed by atoms with Crippen LogP contribution in [0.3, 0.4) is 0 Å². The molecule has 3 aromatic rings. The van der Waals surface area contributed by atoms with Gasteiger partial charge in [-0.2, -0.15) is 0 Å². The molecule has 2 aromatic carbocycles. The van der Waals surface area contributed by atoms with E-state index in [2.05, 4.69) is 4.99 Å². The summed E-state index contributed by atoms with van der Waals surface area (Å²) < 4.78 is 1.74. The summed E-state index contributed by atoms with van der Waals surface area (Å²) in [5, 5.41) is 11.8. The summed E-state index contributed by atoms with van der Waals surface area (Å²) in [7, 11) is 1.82. The van der Waals surface area contributed by atoms with Crippen LogP contribution in [0.5, 0.6) is 5.88 Å². The fourth-order valence-electron chi connectivity index (χ4n) is 2.23. The lowest BCUT2D eigenvalue weighted by molar-refractivity contribution is 0.434. The van der Waals surface area contributed by atoms with E-state index in [1.165, 1.54) is 0 Å². The lowest BCUT2D eigenvalue weighted by atomic mass is 10.2. The van der Waals surface area contributed by atoms with Crippen LogP contribution >= 0.6 is 11.6 Å². The van der Waals surface area contributed by atoms with Crippen molar-refractivity contribution >= 4 is 34.4 Å². The van der Waals surface area contributed by atoms with Gasteiger partial charge < -0.3 is 9.67 Å². The number of hydrogen-bond acceptors (Lipinski definition) is 2. The molecule has 0 saturated heterocycles. The quantitative estimate of drug-likeness (QED) is 0.701. The van der Waals surface area contributed by atoms with Gasteiger partial charge in [0.25, 0.3) is 0 Å². The number of aromatic nitrogens is 1. The van der Waals surface area contributed by atoms with Gasteiger partial charge in [-0.3, -0.25) is 4.99 Å². The fourth-order valence-corrected chi connectivity index (χ4v) is 2.41. The molecule has 0 bridgehead atoms. The lowest BCUT2D eigenvalue weighted by Gasteiger charge is -1.97. The van der Waals surface area contributed by atoms with E-state index in [9.17, 15) is 5.11 Å². The Labute approximate surface area is 121 Å². The SMILES string of the molecule is Cn1c(O)c(C=Nc2ccccc2Cl)c2ccccc21. The van der Waals surface area contributed by atoms with E-state index in [0.717, 1.165) is 10.9 Å². The number of halogens is 1. The number of aryl methyl sites for hydroxylation is 1. The van der Waals surface area contributed by atoms with Crippen LogP contribution in [0.25, 0.3) is 10.9 Å². The summed E-state index contributed by atoms with van der Waals surface area (Å²) in [6.45, 7) is 0. The Bertz CT molecular complexity index is 805. The van der Waals surface area contributed by atoms with Gasteiger partial charge in [0.05, 0.1) is 21.8 Å². The molecule has 1 aromatic heterocycles. The van der Waals surface area contributed by atoms with Gasteiger partial charge in [-0.1, -0.05) is 41.9 Å². The van der Waals surface area contributed by atoms with Crippen molar-refractivity contribution in [2.75, 3.05) is 0 Å². The largest absolute Gasteiger partial charge is 0.494 e. The topological polar surface area (TPSA) is 37.5 Å². The van der Waals surface area contributed by atoms with Gasteiger partial charge >= 0.3 is 0 Å². The highest BCUT2D eigenvalue weighted by Gasteiger charge is 2.11. The second kappa shape index (κ2) is 5.02. The van der Waals surface area contributed by atoms with E-state index >= 15 is 0 Å². The Balaban J connectivity index is 2.12. The van der Waals surface area contributed by atoms with Crippen LogP contribution < -0.4 is 0 Å². The maximum absolute atomic E-state index is 10.2. The minimum absolute atomic E-state index is 0.196. The molecule has 0 atom stereocenters. The molecule has 3 rings (SSSR count). The molecule has 1 heterocycles. The summed E-state index contributed by atoms with van der Waals surface area (Å²) >= 11 is 6.07. The van der Waals surface area contributed by atoms with Crippen molar-refractivity contribution in [3.8, 4) is 5.88 Å². The van der Waals surface area contributed by atoms with Crippen molar-refractivity contribution in [3.63, 3.8) is 0 Å². The molecule has 1 N–H and O–H groups in total. The number of para-hydroxylation sites is 2. The molecule has 0 amide bonds. The molecule has 0 aliphatic rings.